The Labute approximate surface area is 107 Å². The highest BCUT2D eigenvalue weighted by molar-refractivity contribution is 5.95. The van der Waals surface area contributed by atoms with Crippen molar-refractivity contribution in [3.05, 3.63) is 29.8 Å². The highest BCUT2D eigenvalue weighted by atomic mass is 16.2. The van der Waals surface area contributed by atoms with E-state index in [1.54, 1.807) is 24.9 Å². The van der Waals surface area contributed by atoms with E-state index in [4.69, 9.17) is 5.73 Å². The SMILES string of the molecule is CC(=O)N(C)Cc1ccccc1NC(=O)[C@H](C)N. The second-order valence-electron chi connectivity index (χ2n) is 4.31. The average Bonchev–Trinajstić information content (AvgIpc) is 2.31. The minimum Gasteiger partial charge on any atom is -0.342 e. The van der Waals surface area contributed by atoms with Crippen molar-refractivity contribution in [2.75, 3.05) is 12.4 Å². The van der Waals surface area contributed by atoms with Crippen molar-refractivity contribution in [3.8, 4) is 0 Å². The summed E-state index contributed by atoms with van der Waals surface area (Å²) in [6.07, 6.45) is 0. The van der Waals surface area contributed by atoms with E-state index >= 15 is 0 Å². The Kier molecular flexibility index (Phi) is 4.85. The van der Waals surface area contributed by atoms with Crippen LogP contribution in [0.4, 0.5) is 5.69 Å². The second-order valence-corrected chi connectivity index (χ2v) is 4.31. The molecule has 5 nitrogen and oxygen atoms in total. The van der Waals surface area contributed by atoms with Crippen molar-refractivity contribution in [2.24, 2.45) is 5.73 Å². The van der Waals surface area contributed by atoms with E-state index in [0.717, 1.165) is 5.56 Å². The standard InChI is InChI=1S/C13H19N3O2/c1-9(14)13(18)15-12-7-5-4-6-11(12)8-16(3)10(2)17/h4-7,9H,8,14H2,1-3H3,(H,15,18)/t9-/m0/s1. The number of amides is 2. The molecule has 1 aromatic carbocycles. The molecule has 0 spiro atoms. The van der Waals surface area contributed by atoms with Gasteiger partial charge < -0.3 is 16.0 Å². The Morgan fingerprint density at radius 3 is 2.56 bits per heavy atom. The van der Waals surface area contributed by atoms with Gasteiger partial charge in [-0.15, -0.1) is 0 Å². The molecule has 0 fully saturated rings. The molecule has 0 unspecified atom stereocenters. The largest absolute Gasteiger partial charge is 0.342 e. The van der Waals surface area contributed by atoms with Crippen molar-refractivity contribution < 1.29 is 9.59 Å². The summed E-state index contributed by atoms with van der Waals surface area (Å²) in [5.74, 6) is -0.267. The molecular weight excluding hydrogens is 230 g/mol. The summed E-state index contributed by atoms with van der Waals surface area (Å²) in [5.41, 5.74) is 7.07. The molecule has 0 radical (unpaired) electrons. The Balaban J connectivity index is 2.86. The van der Waals surface area contributed by atoms with E-state index in [1.807, 2.05) is 18.2 Å². The summed E-state index contributed by atoms with van der Waals surface area (Å²) in [6.45, 7) is 3.58. The molecular formula is C13H19N3O2. The number of rotatable bonds is 4. The van der Waals surface area contributed by atoms with Gasteiger partial charge in [-0.2, -0.15) is 0 Å². The van der Waals surface area contributed by atoms with Gasteiger partial charge in [0.1, 0.15) is 0 Å². The maximum Gasteiger partial charge on any atom is 0.241 e. The fourth-order valence-corrected chi connectivity index (χ4v) is 1.39. The van der Waals surface area contributed by atoms with Crippen LogP contribution >= 0.6 is 0 Å². The predicted octanol–water partition coefficient (Wildman–Crippen LogP) is 0.951. The third kappa shape index (κ3) is 3.85. The van der Waals surface area contributed by atoms with E-state index in [1.165, 1.54) is 6.92 Å². The molecule has 0 aliphatic rings. The molecule has 0 aliphatic heterocycles. The fourth-order valence-electron chi connectivity index (χ4n) is 1.39. The van der Waals surface area contributed by atoms with Crippen LogP contribution in [-0.2, 0) is 16.1 Å². The number of hydrogen-bond acceptors (Lipinski definition) is 3. The van der Waals surface area contributed by atoms with Crippen LogP contribution in [-0.4, -0.2) is 29.8 Å². The molecule has 98 valence electrons. The van der Waals surface area contributed by atoms with Gasteiger partial charge in [-0.1, -0.05) is 18.2 Å². The van der Waals surface area contributed by atoms with Gasteiger partial charge in [-0.25, -0.2) is 0 Å². The number of nitrogens with zero attached hydrogens (tertiary/aromatic N) is 1. The fraction of sp³-hybridized carbons (Fsp3) is 0.385. The maximum atomic E-state index is 11.6. The molecule has 0 aliphatic carbocycles. The first-order chi connectivity index (χ1) is 8.41. The van der Waals surface area contributed by atoms with Crippen molar-refractivity contribution in [1.29, 1.82) is 0 Å². The van der Waals surface area contributed by atoms with Crippen LogP contribution in [0.1, 0.15) is 19.4 Å². The molecule has 18 heavy (non-hydrogen) atoms. The van der Waals surface area contributed by atoms with Crippen molar-refractivity contribution in [1.82, 2.24) is 4.90 Å². The van der Waals surface area contributed by atoms with Crippen LogP contribution in [0.2, 0.25) is 0 Å². The van der Waals surface area contributed by atoms with Gasteiger partial charge in [-0.3, -0.25) is 9.59 Å². The Morgan fingerprint density at radius 1 is 1.39 bits per heavy atom. The third-order valence-corrected chi connectivity index (χ3v) is 2.63. The van der Waals surface area contributed by atoms with Crippen molar-refractivity contribution in [3.63, 3.8) is 0 Å². The Hall–Kier alpha value is -1.88. The summed E-state index contributed by atoms with van der Waals surface area (Å²) >= 11 is 0. The molecule has 5 heteroatoms. The highest BCUT2D eigenvalue weighted by Gasteiger charge is 2.12. The zero-order valence-electron chi connectivity index (χ0n) is 10.9. The number of nitrogens with one attached hydrogen (secondary N) is 1. The van der Waals surface area contributed by atoms with E-state index in [-0.39, 0.29) is 11.8 Å². The molecule has 1 atom stereocenters. The number of para-hydroxylation sites is 1. The van der Waals surface area contributed by atoms with Crippen molar-refractivity contribution >= 4 is 17.5 Å². The van der Waals surface area contributed by atoms with Gasteiger partial charge in [0.15, 0.2) is 0 Å². The van der Waals surface area contributed by atoms with Crippen LogP contribution in [0.25, 0.3) is 0 Å². The normalized spacial score (nSPS) is 11.8. The van der Waals surface area contributed by atoms with Gasteiger partial charge in [0.2, 0.25) is 11.8 Å². The molecule has 0 saturated carbocycles. The van der Waals surface area contributed by atoms with Crippen LogP contribution in [0.15, 0.2) is 24.3 Å². The lowest BCUT2D eigenvalue weighted by molar-refractivity contribution is -0.128. The lowest BCUT2D eigenvalue weighted by atomic mass is 10.1. The zero-order chi connectivity index (χ0) is 13.7. The molecule has 1 aromatic rings. The van der Waals surface area contributed by atoms with E-state index < -0.39 is 6.04 Å². The van der Waals surface area contributed by atoms with Crippen LogP contribution in [0.5, 0.6) is 0 Å². The number of benzene rings is 1. The minimum absolute atomic E-state index is 0.0247. The molecule has 1 rings (SSSR count). The first kappa shape index (κ1) is 14.2. The number of carbonyl (C=O) groups excluding carboxylic acids is 2. The molecule has 2 amide bonds. The monoisotopic (exact) mass is 249 g/mol. The summed E-state index contributed by atoms with van der Waals surface area (Å²) in [7, 11) is 1.71. The molecule has 0 saturated heterocycles. The van der Waals surface area contributed by atoms with Gasteiger partial charge in [-0.05, 0) is 18.6 Å². The lowest BCUT2D eigenvalue weighted by Crippen LogP contribution is -2.33. The van der Waals surface area contributed by atoms with Crippen LogP contribution in [0.3, 0.4) is 0 Å². The minimum atomic E-state index is -0.566. The average molecular weight is 249 g/mol. The van der Waals surface area contributed by atoms with Crippen molar-refractivity contribution in [2.45, 2.75) is 26.4 Å². The molecule has 0 aromatic heterocycles. The molecule has 0 bridgehead atoms. The van der Waals surface area contributed by atoms with Gasteiger partial charge in [0.25, 0.3) is 0 Å². The number of anilines is 1. The van der Waals surface area contributed by atoms with Crippen LogP contribution < -0.4 is 11.1 Å². The van der Waals surface area contributed by atoms with E-state index in [9.17, 15) is 9.59 Å². The summed E-state index contributed by atoms with van der Waals surface area (Å²) < 4.78 is 0. The lowest BCUT2D eigenvalue weighted by Gasteiger charge is -2.18. The van der Waals surface area contributed by atoms with Gasteiger partial charge in [0, 0.05) is 26.2 Å². The van der Waals surface area contributed by atoms with Gasteiger partial charge >= 0.3 is 0 Å². The third-order valence-electron chi connectivity index (χ3n) is 2.63. The van der Waals surface area contributed by atoms with Gasteiger partial charge in [0.05, 0.1) is 6.04 Å². The predicted molar refractivity (Wildman–Crippen MR) is 70.9 cm³/mol. The molecule has 0 heterocycles. The van der Waals surface area contributed by atoms with Crippen LogP contribution in [0, 0.1) is 0 Å². The Bertz CT molecular complexity index is 444. The maximum absolute atomic E-state index is 11.6. The summed E-state index contributed by atoms with van der Waals surface area (Å²) in [4.78, 5) is 24.4. The van der Waals surface area contributed by atoms with E-state index in [0.29, 0.717) is 12.2 Å². The summed E-state index contributed by atoms with van der Waals surface area (Å²) in [6, 6.07) is 6.79. The second kappa shape index (κ2) is 6.16. The number of nitrogens with two attached hydrogens (primary N) is 1. The topological polar surface area (TPSA) is 75.4 Å². The summed E-state index contributed by atoms with van der Waals surface area (Å²) in [5, 5.41) is 2.75. The zero-order valence-corrected chi connectivity index (χ0v) is 10.9. The first-order valence-electron chi connectivity index (χ1n) is 5.78. The first-order valence-corrected chi connectivity index (χ1v) is 5.78. The quantitative estimate of drug-likeness (QED) is 0.834. The molecule has 3 N–H and O–H groups in total. The Morgan fingerprint density at radius 2 is 2.00 bits per heavy atom. The smallest absolute Gasteiger partial charge is 0.241 e. The highest BCUT2D eigenvalue weighted by Crippen LogP contribution is 2.16. The number of hydrogen-bond donors (Lipinski definition) is 2. The van der Waals surface area contributed by atoms with E-state index in [2.05, 4.69) is 5.32 Å². The number of carbonyl (C=O) groups is 2.